The Balaban J connectivity index is 1.85. The van der Waals surface area contributed by atoms with Gasteiger partial charge in [-0.05, 0) is 32.2 Å². The van der Waals surface area contributed by atoms with Gasteiger partial charge < -0.3 is 15.0 Å². The van der Waals surface area contributed by atoms with E-state index in [1.54, 1.807) is 6.33 Å². The maximum atomic E-state index is 5.65. The van der Waals surface area contributed by atoms with Gasteiger partial charge in [0.05, 0.1) is 19.3 Å². The molecule has 20 heavy (non-hydrogen) atoms. The summed E-state index contributed by atoms with van der Waals surface area (Å²) in [7, 11) is 0. The highest BCUT2D eigenvalue weighted by Gasteiger charge is 2.27. The average molecular weight is 276 g/mol. The second kappa shape index (κ2) is 6.50. The van der Waals surface area contributed by atoms with E-state index in [0.717, 1.165) is 51.5 Å². The molecule has 2 aliphatic rings. The third kappa shape index (κ3) is 2.79. The highest BCUT2D eigenvalue weighted by atomic mass is 16.5. The van der Waals surface area contributed by atoms with Crippen LogP contribution in [0.5, 0.6) is 0 Å². The molecule has 1 unspecified atom stereocenters. The van der Waals surface area contributed by atoms with Crippen molar-refractivity contribution in [2.45, 2.75) is 38.6 Å². The SMILES string of the molecule is CCNCC1COCCN1c1ncnc2c1CCCC2. The van der Waals surface area contributed by atoms with Gasteiger partial charge in [-0.1, -0.05) is 6.92 Å². The van der Waals surface area contributed by atoms with E-state index in [-0.39, 0.29) is 0 Å². The first kappa shape index (κ1) is 13.8. The van der Waals surface area contributed by atoms with E-state index < -0.39 is 0 Å². The van der Waals surface area contributed by atoms with E-state index in [9.17, 15) is 0 Å². The summed E-state index contributed by atoms with van der Waals surface area (Å²) < 4.78 is 5.65. The summed E-state index contributed by atoms with van der Waals surface area (Å²) in [6.07, 6.45) is 6.48. The van der Waals surface area contributed by atoms with Crippen molar-refractivity contribution in [1.29, 1.82) is 0 Å². The Hall–Kier alpha value is -1.20. The zero-order chi connectivity index (χ0) is 13.8. The van der Waals surface area contributed by atoms with Crippen LogP contribution in [0.25, 0.3) is 0 Å². The number of hydrogen-bond donors (Lipinski definition) is 1. The van der Waals surface area contributed by atoms with Gasteiger partial charge in [-0.3, -0.25) is 0 Å². The second-order valence-electron chi connectivity index (χ2n) is 5.56. The second-order valence-corrected chi connectivity index (χ2v) is 5.56. The molecule has 1 aromatic heterocycles. The minimum atomic E-state index is 0.379. The smallest absolute Gasteiger partial charge is 0.135 e. The number of aryl methyl sites for hydroxylation is 1. The third-order valence-electron chi connectivity index (χ3n) is 4.23. The lowest BCUT2D eigenvalue weighted by molar-refractivity contribution is 0.0933. The molecule has 110 valence electrons. The Morgan fingerprint density at radius 1 is 1.35 bits per heavy atom. The molecule has 1 aliphatic carbocycles. The fourth-order valence-electron chi connectivity index (χ4n) is 3.17. The van der Waals surface area contributed by atoms with Gasteiger partial charge in [-0.25, -0.2) is 9.97 Å². The molecule has 1 aliphatic heterocycles. The van der Waals surface area contributed by atoms with E-state index in [2.05, 4.69) is 27.1 Å². The van der Waals surface area contributed by atoms with Gasteiger partial charge in [-0.15, -0.1) is 0 Å². The summed E-state index contributed by atoms with van der Waals surface area (Å²) in [4.78, 5) is 11.5. The zero-order valence-corrected chi connectivity index (χ0v) is 12.3. The number of ether oxygens (including phenoxy) is 1. The lowest BCUT2D eigenvalue weighted by Gasteiger charge is -2.38. The first-order chi connectivity index (χ1) is 9.90. The lowest BCUT2D eigenvalue weighted by Crippen LogP contribution is -2.51. The molecule has 1 atom stereocenters. The van der Waals surface area contributed by atoms with Crippen LogP contribution in [0.2, 0.25) is 0 Å². The average Bonchev–Trinajstić information content (AvgIpc) is 2.53. The minimum Gasteiger partial charge on any atom is -0.377 e. The highest BCUT2D eigenvalue weighted by molar-refractivity contribution is 5.51. The number of fused-ring (bicyclic) bond motifs is 1. The third-order valence-corrected chi connectivity index (χ3v) is 4.23. The van der Waals surface area contributed by atoms with Crippen molar-refractivity contribution in [3.05, 3.63) is 17.6 Å². The normalized spacial score (nSPS) is 22.6. The van der Waals surface area contributed by atoms with Crippen LogP contribution in [0, 0.1) is 0 Å². The van der Waals surface area contributed by atoms with Crippen LogP contribution >= 0.6 is 0 Å². The van der Waals surface area contributed by atoms with Gasteiger partial charge in [-0.2, -0.15) is 0 Å². The van der Waals surface area contributed by atoms with Gasteiger partial charge >= 0.3 is 0 Å². The molecule has 3 rings (SSSR count). The summed E-state index contributed by atoms with van der Waals surface area (Å²) in [5.41, 5.74) is 2.64. The minimum absolute atomic E-state index is 0.379. The van der Waals surface area contributed by atoms with Crippen LogP contribution in [-0.4, -0.2) is 48.9 Å². The molecule has 1 aromatic rings. The number of rotatable bonds is 4. The maximum absolute atomic E-state index is 5.65. The van der Waals surface area contributed by atoms with E-state index >= 15 is 0 Å². The van der Waals surface area contributed by atoms with E-state index in [4.69, 9.17) is 4.74 Å². The standard InChI is InChI=1S/C15H24N4O/c1-2-16-9-12-10-20-8-7-19(12)15-13-5-3-4-6-14(13)17-11-18-15/h11-12,16H,2-10H2,1H3. The van der Waals surface area contributed by atoms with Crippen molar-refractivity contribution >= 4 is 5.82 Å². The first-order valence-corrected chi connectivity index (χ1v) is 7.78. The van der Waals surface area contributed by atoms with Gasteiger partial charge in [0.2, 0.25) is 0 Å². The molecule has 0 amide bonds. The fourth-order valence-corrected chi connectivity index (χ4v) is 3.17. The van der Waals surface area contributed by atoms with Gasteiger partial charge in [0.25, 0.3) is 0 Å². The van der Waals surface area contributed by atoms with Gasteiger partial charge in [0.15, 0.2) is 0 Å². The summed E-state index contributed by atoms with van der Waals surface area (Å²) in [6.45, 7) is 6.59. The molecule has 1 fully saturated rings. The molecule has 1 N–H and O–H groups in total. The molecule has 0 radical (unpaired) electrons. The molecule has 0 saturated carbocycles. The Kier molecular flexibility index (Phi) is 4.47. The molecule has 5 heteroatoms. The molecule has 1 saturated heterocycles. The molecule has 0 spiro atoms. The van der Waals surface area contributed by atoms with E-state index in [1.165, 1.54) is 24.1 Å². The van der Waals surface area contributed by atoms with Gasteiger partial charge in [0.1, 0.15) is 12.1 Å². The number of nitrogens with one attached hydrogen (secondary N) is 1. The predicted molar refractivity (Wildman–Crippen MR) is 79.2 cm³/mol. The Morgan fingerprint density at radius 3 is 3.15 bits per heavy atom. The number of likely N-dealkylation sites (N-methyl/N-ethyl adjacent to an activating group) is 1. The largest absolute Gasteiger partial charge is 0.377 e. The summed E-state index contributed by atoms with van der Waals surface area (Å²) >= 11 is 0. The van der Waals surface area contributed by atoms with Crippen molar-refractivity contribution in [1.82, 2.24) is 15.3 Å². The first-order valence-electron chi connectivity index (χ1n) is 7.78. The van der Waals surface area contributed by atoms with Crippen molar-refractivity contribution in [3.63, 3.8) is 0 Å². The Morgan fingerprint density at radius 2 is 2.25 bits per heavy atom. The molecular weight excluding hydrogens is 252 g/mol. The van der Waals surface area contributed by atoms with E-state index in [1.807, 2.05) is 0 Å². The van der Waals surface area contributed by atoms with Crippen LogP contribution in [0.1, 0.15) is 31.0 Å². The molecule has 0 aromatic carbocycles. The number of nitrogens with zero attached hydrogens (tertiary/aromatic N) is 3. The predicted octanol–water partition coefficient (Wildman–Crippen LogP) is 1.17. The fraction of sp³-hybridized carbons (Fsp3) is 0.733. The number of anilines is 1. The zero-order valence-electron chi connectivity index (χ0n) is 12.3. The van der Waals surface area contributed by atoms with Crippen molar-refractivity contribution in [2.75, 3.05) is 37.7 Å². The highest BCUT2D eigenvalue weighted by Crippen LogP contribution is 2.28. The van der Waals surface area contributed by atoms with E-state index in [0.29, 0.717) is 6.04 Å². The van der Waals surface area contributed by atoms with Crippen LogP contribution in [-0.2, 0) is 17.6 Å². The summed E-state index contributed by atoms with van der Waals surface area (Å²) in [6, 6.07) is 0.379. The van der Waals surface area contributed by atoms with Crippen LogP contribution in [0.15, 0.2) is 6.33 Å². The van der Waals surface area contributed by atoms with Crippen LogP contribution in [0.3, 0.4) is 0 Å². The molecule has 2 heterocycles. The summed E-state index contributed by atoms with van der Waals surface area (Å²) in [5.74, 6) is 1.15. The number of hydrogen-bond acceptors (Lipinski definition) is 5. The monoisotopic (exact) mass is 276 g/mol. The Labute approximate surface area is 120 Å². The summed E-state index contributed by atoms with van der Waals surface area (Å²) in [5, 5.41) is 3.43. The molecular formula is C15H24N4O. The van der Waals surface area contributed by atoms with Crippen LogP contribution < -0.4 is 10.2 Å². The van der Waals surface area contributed by atoms with Crippen molar-refractivity contribution < 1.29 is 4.74 Å². The van der Waals surface area contributed by atoms with Crippen molar-refractivity contribution in [2.24, 2.45) is 0 Å². The molecule has 5 nitrogen and oxygen atoms in total. The maximum Gasteiger partial charge on any atom is 0.135 e. The van der Waals surface area contributed by atoms with Gasteiger partial charge in [0, 0.05) is 24.3 Å². The topological polar surface area (TPSA) is 50.3 Å². The quantitative estimate of drug-likeness (QED) is 0.894. The van der Waals surface area contributed by atoms with Crippen molar-refractivity contribution in [3.8, 4) is 0 Å². The molecule has 0 bridgehead atoms. The number of morpholine rings is 1. The lowest BCUT2D eigenvalue weighted by atomic mass is 9.96. The Bertz CT molecular complexity index is 451. The number of aromatic nitrogens is 2. The van der Waals surface area contributed by atoms with Crippen LogP contribution in [0.4, 0.5) is 5.82 Å².